The number of fused-ring (bicyclic) bond motifs is 2. The summed E-state index contributed by atoms with van der Waals surface area (Å²) >= 11 is 1.49. The van der Waals surface area contributed by atoms with Crippen molar-refractivity contribution in [1.29, 1.82) is 0 Å². The van der Waals surface area contributed by atoms with Gasteiger partial charge in [0.15, 0.2) is 0 Å². The van der Waals surface area contributed by atoms with E-state index in [1.807, 2.05) is 36.4 Å². The second kappa shape index (κ2) is 9.42. The maximum absolute atomic E-state index is 13.8. The van der Waals surface area contributed by atoms with Crippen molar-refractivity contribution in [3.05, 3.63) is 81.2 Å². The van der Waals surface area contributed by atoms with Crippen LogP contribution in [0.1, 0.15) is 69.5 Å². The van der Waals surface area contributed by atoms with E-state index in [4.69, 9.17) is 10.7 Å². The number of aromatic nitrogens is 1. The molecule has 0 saturated heterocycles. The lowest BCUT2D eigenvalue weighted by atomic mass is 9.72. The summed E-state index contributed by atoms with van der Waals surface area (Å²) in [4.78, 5) is 32.3. The summed E-state index contributed by atoms with van der Waals surface area (Å²) < 4.78 is 0. The summed E-state index contributed by atoms with van der Waals surface area (Å²) in [6, 6.07) is 15.7. The molecule has 2 aromatic heterocycles. The Morgan fingerprint density at radius 1 is 1.05 bits per heavy atom. The number of para-hydroxylation sites is 1. The first-order valence-electron chi connectivity index (χ1n) is 12.8. The van der Waals surface area contributed by atoms with Gasteiger partial charge in [-0.05, 0) is 79.3 Å². The van der Waals surface area contributed by atoms with Crippen LogP contribution in [-0.2, 0) is 12.8 Å². The molecule has 2 aromatic carbocycles. The molecule has 2 heterocycles. The number of nitrogens with two attached hydrogens (primary N) is 1. The first-order valence-corrected chi connectivity index (χ1v) is 13.6. The third-order valence-electron chi connectivity index (χ3n) is 7.73. The summed E-state index contributed by atoms with van der Waals surface area (Å²) in [5.74, 6) is -0.234. The third-order valence-corrected chi connectivity index (χ3v) is 8.90. The summed E-state index contributed by atoms with van der Waals surface area (Å²) in [6.07, 6.45) is 2.71. The van der Waals surface area contributed by atoms with Crippen molar-refractivity contribution >= 4 is 39.1 Å². The maximum atomic E-state index is 13.8. The van der Waals surface area contributed by atoms with Gasteiger partial charge in [0.2, 0.25) is 0 Å². The smallest absolute Gasteiger partial charge is 0.257 e. The minimum Gasteiger partial charge on any atom is -0.365 e. The summed E-state index contributed by atoms with van der Waals surface area (Å²) in [6.45, 7) is 10.9. The number of thiophene rings is 1. The van der Waals surface area contributed by atoms with Gasteiger partial charge in [-0.3, -0.25) is 9.59 Å². The van der Waals surface area contributed by atoms with E-state index in [9.17, 15) is 9.59 Å². The highest BCUT2D eigenvalue weighted by molar-refractivity contribution is 7.17. The summed E-state index contributed by atoms with van der Waals surface area (Å²) in [7, 11) is 0. The van der Waals surface area contributed by atoms with Crippen molar-refractivity contribution in [1.82, 2.24) is 4.98 Å². The largest absolute Gasteiger partial charge is 0.365 e. The first-order chi connectivity index (χ1) is 17.5. The monoisotopic (exact) mass is 511 g/mol. The van der Waals surface area contributed by atoms with Crippen molar-refractivity contribution in [3.8, 4) is 11.3 Å². The Balaban J connectivity index is 1.56. The number of hydrogen-bond donors (Lipinski definition) is 2. The molecule has 4 aromatic rings. The van der Waals surface area contributed by atoms with Crippen LogP contribution in [-0.4, -0.2) is 16.8 Å². The standard InChI is InChI=1S/C31H33N3O2S/c1-17-10-11-19(14-18(17)2)25-16-23(21-8-6-7-9-24(21)33-25)29(36)34-30-27(28(32)35)22-13-12-20(31(3,4)5)15-26(22)37-30/h6-11,14,16,20H,12-13,15H2,1-5H3,(H2,32,35)(H,34,36)/t20-/m0/s1. The van der Waals surface area contributed by atoms with Crippen molar-refractivity contribution < 1.29 is 9.59 Å². The molecule has 0 unspecified atom stereocenters. The Hall–Kier alpha value is -3.51. The Labute approximate surface area is 222 Å². The van der Waals surface area contributed by atoms with Crippen LogP contribution >= 0.6 is 11.3 Å². The van der Waals surface area contributed by atoms with E-state index in [2.05, 4.69) is 52.1 Å². The second-order valence-corrected chi connectivity index (χ2v) is 12.3. The lowest BCUT2D eigenvalue weighted by molar-refractivity contribution is 0.1000. The van der Waals surface area contributed by atoms with Gasteiger partial charge < -0.3 is 11.1 Å². The summed E-state index contributed by atoms with van der Waals surface area (Å²) in [5.41, 5.74) is 12.8. The average molecular weight is 512 g/mol. The van der Waals surface area contributed by atoms with Crippen molar-refractivity contribution in [2.24, 2.45) is 17.1 Å². The van der Waals surface area contributed by atoms with Gasteiger partial charge in [-0.25, -0.2) is 4.98 Å². The lowest BCUT2D eigenvalue weighted by Crippen LogP contribution is -2.27. The van der Waals surface area contributed by atoms with Crippen LogP contribution in [0.4, 0.5) is 5.00 Å². The van der Waals surface area contributed by atoms with E-state index < -0.39 is 5.91 Å². The Bertz CT molecular complexity index is 1540. The molecule has 0 aliphatic heterocycles. The van der Waals surface area contributed by atoms with Gasteiger partial charge in [0.05, 0.1) is 22.3 Å². The van der Waals surface area contributed by atoms with Gasteiger partial charge in [0.1, 0.15) is 5.00 Å². The third kappa shape index (κ3) is 4.78. The Morgan fingerprint density at radius 3 is 2.51 bits per heavy atom. The predicted molar refractivity (Wildman–Crippen MR) is 152 cm³/mol. The zero-order valence-corrected chi connectivity index (χ0v) is 22.9. The molecule has 0 fully saturated rings. The quantitative estimate of drug-likeness (QED) is 0.307. The zero-order valence-electron chi connectivity index (χ0n) is 22.1. The molecule has 190 valence electrons. The molecule has 0 spiro atoms. The van der Waals surface area contributed by atoms with Gasteiger partial charge in [-0.2, -0.15) is 0 Å². The fourth-order valence-corrected chi connectivity index (χ4v) is 6.58. The molecule has 0 saturated carbocycles. The Morgan fingerprint density at radius 2 is 1.81 bits per heavy atom. The number of anilines is 1. The number of rotatable bonds is 4. The number of primary amides is 1. The fraction of sp³-hybridized carbons (Fsp3) is 0.323. The second-order valence-electron chi connectivity index (χ2n) is 11.2. The van der Waals surface area contributed by atoms with Crippen LogP contribution in [0.15, 0.2) is 48.5 Å². The number of amides is 2. The van der Waals surface area contributed by atoms with Gasteiger partial charge in [-0.1, -0.05) is 51.1 Å². The van der Waals surface area contributed by atoms with Crippen LogP contribution in [0.3, 0.4) is 0 Å². The highest BCUT2D eigenvalue weighted by Crippen LogP contribution is 2.44. The van der Waals surface area contributed by atoms with E-state index in [0.29, 0.717) is 22.0 Å². The number of benzene rings is 2. The predicted octanol–water partition coefficient (Wildman–Crippen LogP) is 7.08. The number of nitrogens with zero attached hydrogens (tertiary/aromatic N) is 1. The minimum atomic E-state index is -0.489. The molecule has 6 heteroatoms. The molecule has 0 bridgehead atoms. The van der Waals surface area contributed by atoms with Gasteiger partial charge in [-0.15, -0.1) is 11.3 Å². The Kier molecular flexibility index (Phi) is 6.40. The van der Waals surface area contributed by atoms with Crippen LogP contribution in [0, 0.1) is 25.2 Å². The van der Waals surface area contributed by atoms with E-state index >= 15 is 0 Å². The normalized spacial score (nSPS) is 15.4. The molecule has 3 N–H and O–H groups in total. The number of aryl methyl sites for hydroxylation is 2. The van der Waals surface area contributed by atoms with E-state index in [-0.39, 0.29) is 11.3 Å². The van der Waals surface area contributed by atoms with E-state index in [1.54, 1.807) is 0 Å². The molecule has 37 heavy (non-hydrogen) atoms. The van der Waals surface area contributed by atoms with Crippen LogP contribution in [0.5, 0.6) is 0 Å². The summed E-state index contributed by atoms with van der Waals surface area (Å²) in [5, 5.41) is 4.37. The van der Waals surface area contributed by atoms with Crippen LogP contribution < -0.4 is 11.1 Å². The van der Waals surface area contributed by atoms with E-state index in [1.165, 1.54) is 22.5 Å². The van der Waals surface area contributed by atoms with Crippen LogP contribution in [0.25, 0.3) is 22.2 Å². The molecule has 5 rings (SSSR count). The molecule has 0 radical (unpaired) electrons. The highest BCUT2D eigenvalue weighted by Gasteiger charge is 2.33. The highest BCUT2D eigenvalue weighted by atomic mass is 32.1. The number of hydrogen-bond acceptors (Lipinski definition) is 4. The molecule has 1 aliphatic rings. The van der Waals surface area contributed by atoms with Gasteiger partial charge >= 0.3 is 0 Å². The maximum Gasteiger partial charge on any atom is 0.257 e. The number of pyridine rings is 1. The van der Waals surface area contributed by atoms with Crippen molar-refractivity contribution in [2.45, 2.75) is 53.9 Å². The first kappa shape index (κ1) is 25.2. The molecule has 2 amide bonds. The van der Waals surface area contributed by atoms with Crippen molar-refractivity contribution in [2.75, 3.05) is 5.32 Å². The number of carbonyl (C=O) groups excluding carboxylic acids is 2. The minimum absolute atomic E-state index is 0.179. The number of carbonyl (C=O) groups is 2. The number of nitrogens with one attached hydrogen (secondary N) is 1. The lowest BCUT2D eigenvalue weighted by Gasteiger charge is -2.33. The molecule has 1 aliphatic carbocycles. The molecule has 1 atom stereocenters. The fourth-order valence-electron chi connectivity index (χ4n) is 5.26. The topological polar surface area (TPSA) is 85.1 Å². The SMILES string of the molecule is Cc1ccc(-c2cc(C(=O)Nc3sc4c(c3C(N)=O)CC[C@H](C(C)(C)C)C4)c3ccccc3n2)cc1C. The molecule has 5 nitrogen and oxygen atoms in total. The molecular weight excluding hydrogens is 478 g/mol. The van der Waals surface area contributed by atoms with Crippen molar-refractivity contribution in [3.63, 3.8) is 0 Å². The average Bonchev–Trinajstić information content (AvgIpc) is 3.21. The van der Waals surface area contributed by atoms with Gasteiger partial charge in [0.25, 0.3) is 11.8 Å². The van der Waals surface area contributed by atoms with Gasteiger partial charge in [0, 0.05) is 15.8 Å². The van der Waals surface area contributed by atoms with E-state index in [0.717, 1.165) is 51.9 Å². The zero-order chi connectivity index (χ0) is 26.5. The molecular formula is C31H33N3O2S. The van der Waals surface area contributed by atoms with Crippen LogP contribution in [0.2, 0.25) is 0 Å².